The lowest BCUT2D eigenvalue weighted by molar-refractivity contribution is 0.0691. The van der Waals surface area contributed by atoms with Gasteiger partial charge in [0.15, 0.2) is 5.03 Å². The molecule has 0 spiro atoms. The zero-order valence-electron chi connectivity index (χ0n) is 11.3. The molecule has 22 heavy (non-hydrogen) atoms. The maximum atomic E-state index is 12.2. The van der Waals surface area contributed by atoms with E-state index in [2.05, 4.69) is 14.9 Å². The largest absolute Gasteiger partial charge is 0.478 e. The quantitative estimate of drug-likeness (QED) is 0.743. The number of hydrogen-bond donors (Lipinski definition) is 3. The van der Waals surface area contributed by atoms with E-state index in [0.29, 0.717) is 6.61 Å². The molecule has 3 N–H and O–H groups in total. The molecule has 2 heterocycles. The van der Waals surface area contributed by atoms with Crippen LogP contribution in [-0.4, -0.2) is 36.2 Å². The molecule has 3 rings (SSSR count). The van der Waals surface area contributed by atoms with Crippen LogP contribution in [0.5, 0.6) is 0 Å². The number of nitrogens with zero attached hydrogens (tertiary/aromatic N) is 1. The van der Waals surface area contributed by atoms with Gasteiger partial charge in [-0.2, -0.15) is 5.10 Å². The number of carbonyl (C=O) groups is 1. The third-order valence-corrected chi connectivity index (χ3v) is 4.80. The van der Waals surface area contributed by atoms with Gasteiger partial charge in [0.2, 0.25) is 0 Å². The molecular weight excluding hydrogens is 310 g/mol. The van der Waals surface area contributed by atoms with Crippen molar-refractivity contribution in [1.29, 1.82) is 0 Å². The van der Waals surface area contributed by atoms with Crippen LogP contribution in [0.25, 0.3) is 0 Å². The van der Waals surface area contributed by atoms with Gasteiger partial charge < -0.3 is 9.84 Å². The fraction of sp³-hybridized carbons (Fsp3) is 0.231. The molecule has 2 aromatic rings. The van der Waals surface area contributed by atoms with Gasteiger partial charge >= 0.3 is 5.97 Å². The minimum Gasteiger partial charge on any atom is -0.478 e. The maximum absolute atomic E-state index is 12.2. The van der Waals surface area contributed by atoms with E-state index in [0.717, 1.165) is 17.3 Å². The number of nitrogens with one attached hydrogen (secondary N) is 2. The second kappa shape index (κ2) is 5.52. The SMILES string of the molecule is O=C(O)c1cn[nH]c1S(=O)(=O)NCC1OCc2ccccc21. The van der Waals surface area contributed by atoms with Crippen LogP contribution in [0.15, 0.2) is 35.5 Å². The molecule has 1 aliphatic rings. The molecular formula is C13H13N3O5S. The Bertz CT molecular complexity index is 815. The van der Waals surface area contributed by atoms with E-state index in [-0.39, 0.29) is 6.54 Å². The summed E-state index contributed by atoms with van der Waals surface area (Å²) in [6, 6.07) is 7.53. The topological polar surface area (TPSA) is 121 Å². The third kappa shape index (κ3) is 2.61. The zero-order valence-corrected chi connectivity index (χ0v) is 12.1. The number of sulfonamides is 1. The highest BCUT2D eigenvalue weighted by atomic mass is 32.2. The van der Waals surface area contributed by atoms with Crippen molar-refractivity contribution in [3.8, 4) is 0 Å². The Morgan fingerprint density at radius 3 is 3.00 bits per heavy atom. The third-order valence-electron chi connectivity index (χ3n) is 3.40. The smallest absolute Gasteiger partial charge is 0.340 e. The number of hydrogen-bond acceptors (Lipinski definition) is 5. The van der Waals surface area contributed by atoms with Gasteiger partial charge in [0.05, 0.1) is 18.9 Å². The fourth-order valence-electron chi connectivity index (χ4n) is 2.32. The molecule has 1 aliphatic heterocycles. The highest BCUT2D eigenvalue weighted by Crippen LogP contribution is 2.29. The highest BCUT2D eigenvalue weighted by molar-refractivity contribution is 7.89. The molecule has 9 heteroatoms. The Morgan fingerprint density at radius 1 is 1.45 bits per heavy atom. The first-order chi connectivity index (χ1) is 10.5. The lowest BCUT2D eigenvalue weighted by Crippen LogP contribution is -2.29. The predicted molar refractivity (Wildman–Crippen MR) is 74.7 cm³/mol. The molecule has 0 saturated carbocycles. The van der Waals surface area contributed by atoms with Gasteiger partial charge in [0.25, 0.3) is 10.0 Å². The molecule has 0 fully saturated rings. The monoisotopic (exact) mass is 323 g/mol. The minimum atomic E-state index is -4.01. The van der Waals surface area contributed by atoms with Gasteiger partial charge in [0.1, 0.15) is 5.56 Å². The maximum Gasteiger partial charge on any atom is 0.340 e. The number of carboxylic acids is 1. The summed E-state index contributed by atoms with van der Waals surface area (Å²) < 4.78 is 32.3. The lowest BCUT2D eigenvalue weighted by atomic mass is 10.1. The summed E-state index contributed by atoms with van der Waals surface area (Å²) in [5.74, 6) is -1.36. The Labute approximate surface area is 126 Å². The van der Waals surface area contributed by atoms with Crippen LogP contribution >= 0.6 is 0 Å². The number of aromatic nitrogens is 2. The van der Waals surface area contributed by atoms with Crippen LogP contribution < -0.4 is 4.72 Å². The van der Waals surface area contributed by atoms with Gasteiger partial charge in [-0.25, -0.2) is 17.9 Å². The second-order valence-corrected chi connectivity index (χ2v) is 6.47. The number of benzene rings is 1. The van der Waals surface area contributed by atoms with E-state index in [1.165, 1.54) is 0 Å². The van der Waals surface area contributed by atoms with Crippen LogP contribution in [0.1, 0.15) is 27.6 Å². The molecule has 1 unspecified atom stereocenters. The number of aromatic amines is 1. The van der Waals surface area contributed by atoms with Crippen molar-refractivity contribution in [1.82, 2.24) is 14.9 Å². The Balaban J connectivity index is 1.77. The molecule has 0 radical (unpaired) electrons. The van der Waals surface area contributed by atoms with E-state index >= 15 is 0 Å². The van der Waals surface area contributed by atoms with Gasteiger partial charge in [0, 0.05) is 6.54 Å². The Morgan fingerprint density at radius 2 is 2.23 bits per heavy atom. The number of fused-ring (bicyclic) bond motifs is 1. The predicted octanol–water partition coefficient (Wildman–Crippen LogP) is 0.658. The average Bonchev–Trinajstić information content (AvgIpc) is 3.13. The van der Waals surface area contributed by atoms with E-state index < -0.39 is 32.7 Å². The fourth-order valence-corrected chi connectivity index (χ4v) is 3.44. The van der Waals surface area contributed by atoms with Crippen molar-refractivity contribution in [2.45, 2.75) is 17.7 Å². The molecule has 0 aliphatic carbocycles. The molecule has 8 nitrogen and oxygen atoms in total. The van der Waals surface area contributed by atoms with Crippen LogP contribution in [0.2, 0.25) is 0 Å². The van der Waals surface area contributed by atoms with E-state index in [1.807, 2.05) is 24.3 Å². The Kier molecular flexibility index (Phi) is 3.69. The van der Waals surface area contributed by atoms with Crippen molar-refractivity contribution >= 4 is 16.0 Å². The second-order valence-electron chi connectivity index (χ2n) is 4.77. The van der Waals surface area contributed by atoms with Crippen molar-refractivity contribution in [2.75, 3.05) is 6.54 Å². The van der Waals surface area contributed by atoms with Crippen LogP contribution in [-0.2, 0) is 21.4 Å². The van der Waals surface area contributed by atoms with Gasteiger partial charge in [-0.05, 0) is 11.1 Å². The first-order valence-electron chi connectivity index (χ1n) is 6.45. The number of ether oxygens (including phenoxy) is 1. The van der Waals surface area contributed by atoms with Crippen molar-refractivity contribution in [2.24, 2.45) is 0 Å². The lowest BCUT2D eigenvalue weighted by Gasteiger charge is -2.12. The molecule has 1 aromatic heterocycles. The molecule has 116 valence electrons. The van der Waals surface area contributed by atoms with Gasteiger partial charge in [-0.15, -0.1) is 0 Å². The van der Waals surface area contributed by atoms with Crippen molar-refractivity contribution in [3.05, 3.63) is 47.2 Å². The Hall–Kier alpha value is -2.23. The van der Waals surface area contributed by atoms with Crippen LogP contribution in [0.4, 0.5) is 0 Å². The summed E-state index contributed by atoms with van der Waals surface area (Å²) in [4.78, 5) is 11.0. The van der Waals surface area contributed by atoms with Gasteiger partial charge in [-0.1, -0.05) is 24.3 Å². The summed E-state index contributed by atoms with van der Waals surface area (Å²) in [5.41, 5.74) is 1.54. The minimum absolute atomic E-state index is 0.0113. The summed E-state index contributed by atoms with van der Waals surface area (Å²) in [7, 11) is -4.01. The van der Waals surface area contributed by atoms with Crippen LogP contribution in [0.3, 0.4) is 0 Å². The highest BCUT2D eigenvalue weighted by Gasteiger charge is 2.28. The molecule has 0 amide bonds. The van der Waals surface area contributed by atoms with Crippen molar-refractivity contribution < 1.29 is 23.1 Å². The normalized spacial score (nSPS) is 17.4. The number of H-pyrrole nitrogens is 1. The number of carboxylic acid groups (broad SMARTS) is 1. The van der Waals surface area contributed by atoms with Crippen LogP contribution in [0, 0.1) is 0 Å². The molecule has 0 saturated heterocycles. The zero-order chi connectivity index (χ0) is 15.7. The first-order valence-corrected chi connectivity index (χ1v) is 7.93. The van der Waals surface area contributed by atoms with E-state index in [9.17, 15) is 13.2 Å². The first kappa shape index (κ1) is 14.7. The average molecular weight is 323 g/mol. The molecule has 1 atom stereocenters. The number of rotatable bonds is 5. The standard InChI is InChI=1S/C13H13N3O5S/c17-13(18)10-5-14-16-12(10)22(19,20)15-6-11-9-4-2-1-3-8(9)7-21-11/h1-5,11,15H,6-7H2,(H,14,16)(H,17,18). The summed E-state index contributed by atoms with van der Waals surface area (Å²) in [5, 5.41) is 14.2. The number of aromatic carboxylic acids is 1. The molecule has 1 aromatic carbocycles. The summed E-state index contributed by atoms with van der Waals surface area (Å²) in [6.07, 6.45) is 0.556. The summed E-state index contributed by atoms with van der Waals surface area (Å²) >= 11 is 0. The van der Waals surface area contributed by atoms with E-state index in [4.69, 9.17) is 9.84 Å². The van der Waals surface area contributed by atoms with Gasteiger partial charge in [-0.3, -0.25) is 5.10 Å². The van der Waals surface area contributed by atoms with Crippen molar-refractivity contribution in [3.63, 3.8) is 0 Å². The van der Waals surface area contributed by atoms with E-state index in [1.54, 1.807) is 0 Å². The summed E-state index contributed by atoms with van der Waals surface area (Å²) in [6.45, 7) is 0.435. The molecule has 0 bridgehead atoms.